The fourth-order valence-electron chi connectivity index (χ4n) is 3.27. The number of alkyl halides is 3. The van der Waals surface area contributed by atoms with Gasteiger partial charge in [-0.1, -0.05) is 29.8 Å². The van der Waals surface area contributed by atoms with Gasteiger partial charge in [0.05, 0.1) is 12.2 Å². The van der Waals surface area contributed by atoms with E-state index in [9.17, 15) is 18.0 Å². The first-order chi connectivity index (χ1) is 12.6. The number of aryl methyl sites for hydroxylation is 2. The van der Waals surface area contributed by atoms with Crippen molar-refractivity contribution in [2.24, 2.45) is 13.0 Å². The van der Waals surface area contributed by atoms with E-state index >= 15 is 0 Å². The summed E-state index contributed by atoms with van der Waals surface area (Å²) in [6.45, 7) is 2.10. The number of ether oxygens (including phenoxy) is 1. The molecule has 0 saturated heterocycles. The number of carbonyl (C=O) groups is 1. The van der Waals surface area contributed by atoms with Crippen molar-refractivity contribution < 1.29 is 22.7 Å². The molecule has 9 heteroatoms. The Labute approximate surface area is 159 Å². The molecule has 27 heavy (non-hydrogen) atoms. The lowest BCUT2D eigenvalue weighted by Gasteiger charge is -2.18. The number of para-hydroxylation sites is 1. The summed E-state index contributed by atoms with van der Waals surface area (Å²) in [6, 6.07) is 5.95. The molecule has 0 N–H and O–H groups in total. The van der Waals surface area contributed by atoms with Crippen LogP contribution in [0.1, 0.15) is 29.2 Å². The highest BCUT2D eigenvalue weighted by Gasteiger charge is 2.47. The second kappa shape index (κ2) is 7.07. The van der Waals surface area contributed by atoms with Gasteiger partial charge in [0.25, 0.3) is 0 Å². The Balaban J connectivity index is 1.70. The molecule has 1 fully saturated rings. The molecule has 3 rings (SSSR count). The first-order valence-corrected chi connectivity index (χ1v) is 8.74. The highest BCUT2D eigenvalue weighted by atomic mass is 35.5. The van der Waals surface area contributed by atoms with E-state index in [2.05, 4.69) is 9.84 Å². The summed E-state index contributed by atoms with van der Waals surface area (Å²) < 4.78 is 43.4. The molecule has 5 nitrogen and oxygen atoms in total. The summed E-state index contributed by atoms with van der Waals surface area (Å²) in [6.07, 6.45) is -4.28. The van der Waals surface area contributed by atoms with Crippen LogP contribution in [-0.4, -0.2) is 34.0 Å². The Morgan fingerprint density at radius 2 is 2.07 bits per heavy atom. The lowest BCUT2D eigenvalue weighted by molar-refractivity contribution is -0.274. The number of rotatable bonds is 5. The highest BCUT2D eigenvalue weighted by molar-refractivity contribution is 6.30. The zero-order valence-electron chi connectivity index (χ0n) is 15.0. The summed E-state index contributed by atoms with van der Waals surface area (Å²) in [5.74, 6) is -1.05. The third kappa shape index (κ3) is 4.21. The van der Waals surface area contributed by atoms with Crippen LogP contribution in [0.15, 0.2) is 24.3 Å². The van der Waals surface area contributed by atoms with Crippen molar-refractivity contribution in [3.63, 3.8) is 0 Å². The zero-order valence-corrected chi connectivity index (χ0v) is 15.8. The van der Waals surface area contributed by atoms with Crippen LogP contribution < -0.4 is 4.74 Å². The maximum Gasteiger partial charge on any atom is 0.573 e. The van der Waals surface area contributed by atoms with E-state index in [4.69, 9.17) is 11.6 Å². The molecule has 146 valence electrons. The maximum atomic E-state index is 12.7. The molecule has 1 saturated carbocycles. The lowest BCUT2D eigenvalue weighted by Crippen LogP contribution is -2.28. The van der Waals surface area contributed by atoms with Gasteiger partial charge in [-0.05, 0) is 30.9 Å². The summed E-state index contributed by atoms with van der Waals surface area (Å²) in [4.78, 5) is 14.2. The molecule has 0 aliphatic heterocycles. The van der Waals surface area contributed by atoms with E-state index < -0.39 is 6.36 Å². The number of benzene rings is 1. The van der Waals surface area contributed by atoms with Crippen molar-refractivity contribution in [2.45, 2.75) is 32.2 Å². The molecule has 2 unspecified atom stereocenters. The summed E-state index contributed by atoms with van der Waals surface area (Å²) in [5.41, 5.74) is 1.89. The smallest absolute Gasteiger partial charge is 0.405 e. The monoisotopic (exact) mass is 401 g/mol. The maximum absolute atomic E-state index is 12.7. The van der Waals surface area contributed by atoms with Crippen molar-refractivity contribution in [2.75, 3.05) is 7.05 Å². The minimum absolute atomic E-state index is 0.138. The van der Waals surface area contributed by atoms with Crippen LogP contribution >= 0.6 is 11.6 Å². The molecule has 1 aliphatic rings. The second-order valence-corrected chi connectivity index (χ2v) is 7.07. The van der Waals surface area contributed by atoms with Gasteiger partial charge in [0.1, 0.15) is 10.9 Å². The van der Waals surface area contributed by atoms with Crippen molar-refractivity contribution in [1.29, 1.82) is 0 Å². The molecule has 1 amide bonds. The van der Waals surface area contributed by atoms with Crippen LogP contribution in [-0.2, 0) is 18.4 Å². The molecule has 1 aromatic heterocycles. The van der Waals surface area contributed by atoms with Crippen LogP contribution in [0.25, 0.3) is 0 Å². The molecule has 1 aromatic carbocycles. The topological polar surface area (TPSA) is 47.4 Å². The molecular weight excluding hydrogens is 383 g/mol. The van der Waals surface area contributed by atoms with Gasteiger partial charge in [0.15, 0.2) is 0 Å². The first-order valence-electron chi connectivity index (χ1n) is 8.36. The van der Waals surface area contributed by atoms with Crippen molar-refractivity contribution in [3.8, 4) is 5.75 Å². The molecule has 0 bridgehead atoms. The molecule has 2 aromatic rings. The Hall–Kier alpha value is -2.22. The van der Waals surface area contributed by atoms with Gasteiger partial charge >= 0.3 is 6.36 Å². The quantitative estimate of drug-likeness (QED) is 0.759. The van der Waals surface area contributed by atoms with Crippen LogP contribution in [0, 0.1) is 12.8 Å². The molecule has 0 radical (unpaired) electrons. The number of carbonyl (C=O) groups excluding carboxylic acids is 1. The Bertz CT molecular complexity index is 866. The second-order valence-electron chi connectivity index (χ2n) is 6.71. The number of amides is 1. The number of hydrogen-bond acceptors (Lipinski definition) is 3. The van der Waals surface area contributed by atoms with Crippen LogP contribution in [0.2, 0.25) is 5.15 Å². The van der Waals surface area contributed by atoms with E-state index in [0.29, 0.717) is 23.7 Å². The standard InChI is InChI=1S/C18H19ClF3N3O2/c1-10-14(16(19)25(3)23-10)9-24(2)17(26)13-8-12(13)11-6-4-5-7-15(11)27-18(20,21)22/h4-7,12-13H,8-9H2,1-3H3. The van der Waals surface area contributed by atoms with E-state index in [1.165, 1.54) is 21.7 Å². The molecular formula is C18H19ClF3N3O2. The summed E-state index contributed by atoms with van der Waals surface area (Å²) in [7, 11) is 3.37. The SMILES string of the molecule is Cc1nn(C)c(Cl)c1CN(C)C(=O)C1CC1c1ccccc1OC(F)(F)F. The summed E-state index contributed by atoms with van der Waals surface area (Å²) in [5, 5.41) is 4.68. The average molecular weight is 402 g/mol. The van der Waals surface area contributed by atoms with E-state index in [0.717, 1.165) is 11.3 Å². The van der Waals surface area contributed by atoms with Crippen LogP contribution in [0.3, 0.4) is 0 Å². The number of halogens is 4. The zero-order chi connectivity index (χ0) is 19.9. The van der Waals surface area contributed by atoms with Gasteiger partial charge in [-0.15, -0.1) is 13.2 Å². The third-order valence-corrected chi connectivity index (χ3v) is 5.17. The Kier molecular flexibility index (Phi) is 5.12. The van der Waals surface area contributed by atoms with Gasteiger partial charge in [0, 0.05) is 25.6 Å². The van der Waals surface area contributed by atoms with Crippen molar-refractivity contribution >= 4 is 17.5 Å². The van der Waals surface area contributed by atoms with Crippen LogP contribution in [0.4, 0.5) is 13.2 Å². The summed E-state index contributed by atoms with van der Waals surface area (Å²) >= 11 is 6.20. The molecule has 1 heterocycles. The Morgan fingerprint density at radius 1 is 1.41 bits per heavy atom. The number of hydrogen-bond donors (Lipinski definition) is 0. The average Bonchev–Trinajstić information content (AvgIpc) is 3.33. The van der Waals surface area contributed by atoms with Crippen LogP contribution in [0.5, 0.6) is 5.75 Å². The van der Waals surface area contributed by atoms with Gasteiger partial charge in [-0.3, -0.25) is 9.48 Å². The van der Waals surface area contributed by atoms with E-state index in [1.807, 2.05) is 6.92 Å². The van der Waals surface area contributed by atoms with Gasteiger partial charge in [0.2, 0.25) is 5.91 Å². The fourth-order valence-corrected chi connectivity index (χ4v) is 3.50. The largest absolute Gasteiger partial charge is 0.573 e. The first kappa shape index (κ1) is 19.5. The molecule has 1 aliphatic carbocycles. The van der Waals surface area contributed by atoms with Crippen molar-refractivity contribution in [1.82, 2.24) is 14.7 Å². The lowest BCUT2D eigenvalue weighted by atomic mass is 10.1. The molecule has 2 atom stereocenters. The van der Waals surface area contributed by atoms with Gasteiger partial charge in [-0.2, -0.15) is 5.10 Å². The van der Waals surface area contributed by atoms with Gasteiger partial charge < -0.3 is 9.64 Å². The minimum atomic E-state index is -4.77. The fraction of sp³-hybridized carbons (Fsp3) is 0.444. The third-order valence-electron chi connectivity index (χ3n) is 4.69. The predicted molar refractivity (Wildman–Crippen MR) is 93.4 cm³/mol. The normalized spacial score (nSPS) is 19.1. The van der Waals surface area contributed by atoms with Crippen molar-refractivity contribution in [3.05, 3.63) is 46.2 Å². The number of nitrogens with zero attached hydrogens (tertiary/aromatic N) is 3. The van der Waals surface area contributed by atoms with E-state index in [1.54, 1.807) is 26.2 Å². The molecule has 0 spiro atoms. The minimum Gasteiger partial charge on any atom is -0.405 e. The number of aromatic nitrogens is 2. The Morgan fingerprint density at radius 3 is 2.67 bits per heavy atom. The highest BCUT2D eigenvalue weighted by Crippen LogP contribution is 2.51. The predicted octanol–water partition coefficient (Wildman–Crippen LogP) is 4.04. The van der Waals surface area contributed by atoms with Gasteiger partial charge in [-0.25, -0.2) is 0 Å². The van der Waals surface area contributed by atoms with E-state index in [-0.39, 0.29) is 23.5 Å².